The number of amides is 2. The zero-order valence-corrected chi connectivity index (χ0v) is 27.1. The van der Waals surface area contributed by atoms with E-state index in [1.807, 2.05) is 44.2 Å². The molecule has 1 unspecified atom stereocenters. The van der Waals surface area contributed by atoms with E-state index in [2.05, 4.69) is 21.2 Å². The highest BCUT2D eigenvalue weighted by Crippen LogP contribution is 2.27. The lowest BCUT2D eigenvalue weighted by Crippen LogP contribution is -2.53. The molecule has 4 aromatic rings. The molecular formula is C33H33BrClN3O4S. The summed E-state index contributed by atoms with van der Waals surface area (Å²) in [5.74, 6) is -0.859. The third kappa shape index (κ3) is 8.46. The highest BCUT2D eigenvalue weighted by molar-refractivity contribution is 9.10. The van der Waals surface area contributed by atoms with Crippen LogP contribution >= 0.6 is 27.5 Å². The van der Waals surface area contributed by atoms with Crippen LogP contribution < -0.4 is 9.62 Å². The van der Waals surface area contributed by atoms with E-state index in [1.165, 1.54) is 17.0 Å². The third-order valence-corrected chi connectivity index (χ3v) is 9.41. The number of halogens is 2. The first kappa shape index (κ1) is 32.3. The van der Waals surface area contributed by atoms with Gasteiger partial charge in [0.05, 0.1) is 10.6 Å². The molecule has 2 amide bonds. The van der Waals surface area contributed by atoms with Crippen LogP contribution in [0.3, 0.4) is 0 Å². The highest BCUT2D eigenvalue weighted by atomic mass is 79.9. The second-order valence-corrected chi connectivity index (χ2v) is 13.3. The van der Waals surface area contributed by atoms with Crippen LogP contribution in [-0.2, 0) is 32.6 Å². The fourth-order valence-corrected chi connectivity index (χ4v) is 6.55. The Morgan fingerprint density at radius 1 is 0.884 bits per heavy atom. The van der Waals surface area contributed by atoms with Gasteiger partial charge in [0.15, 0.2) is 0 Å². The molecule has 0 aliphatic carbocycles. The minimum Gasteiger partial charge on any atom is -0.355 e. The van der Waals surface area contributed by atoms with Gasteiger partial charge in [-0.1, -0.05) is 93.8 Å². The van der Waals surface area contributed by atoms with Gasteiger partial charge >= 0.3 is 0 Å². The van der Waals surface area contributed by atoms with Crippen LogP contribution in [0.5, 0.6) is 0 Å². The molecular weight excluding hydrogens is 650 g/mol. The summed E-state index contributed by atoms with van der Waals surface area (Å²) in [6.07, 6.45) is 0.244. The third-order valence-electron chi connectivity index (χ3n) is 6.87. The molecule has 0 fully saturated rings. The normalized spacial score (nSPS) is 11.9. The van der Waals surface area contributed by atoms with Gasteiger partial charge in [-0.05, 0) is 67.4 Å². The molecule has 0 heterocycles. The number of likely N-dealkylation sites (N-methyl/N-ethyl adjacent to an activating group) is 1. The van der Waals surface area contributed by atoms with Crippen molar-refractivity contribution in [1.29, 1.82) is 0 Å². The van der Waals surface area contributed by atoms with Gasteiger partial charge in [0.1, 0.15) is 12.6 Å². The summed E-state index contributed by atoms with van der Waals surface area (Å²) in [4.78, 5) is 29.4. The standard InChI is InChI=1S/C33H33BrClN3O4S/c1-3-36-33(40)31(20-25-8-5-4-6-9-25)37(22-26-14-16-28(35)17-15-26)32(39)23-38(29-11-7-10-27(34)21-29)43(41,42)30-18-12-24(2)13-19-30/h4-19,21,31H,3,20,22-23H2,1-2H3,(H,36,40). The van der Waals surface area contributed by atoms with Gasteiger partial charge < -0.3 is 10.2 Å². The van der Waals surface area contributed by atoms with Crippen LogP contribution in [0.1, 0.15) is 23.6 Å². The first-order valence-corrected chi connectivity index (χ1v) is 16.4. The predicted molar refractivity (Wildman–Crippen MR) is 174 cm³/mol. The highest BCUT2D eigenvalue weighted by Gasteiger charge is 2.34. The van der Waals surface area contributed by atoms with E-state index < -0.39 is 28.5 Å². The van der Waals surface area contributed by atoms with Gasteiger partial charge in [-0.2, -0.15) is 0 Å². The van der Waals surface area contributed by atoms with Crippen molar-refractivity contribution >= 4 is 55.1 Å². The molecule has 0 aliphatic rings. The van der Waals surface area contributed by atoms with Crippen molar-refractivity contribution in [3.05, 3.63) is 129 Å². The van der Waals surface area contributed by atoms with Crippen molar-refractivity contribution in [2.24, 2.45) is 0 Å². The van der Waals surface area contributed by atoms with E-state index in [-0.39, 0.29) is 23.8 Å². The van der Waals surface area contributed by atoms with Crippen molar-refractivity contribution in [3.8, 4) is 0 Å². The van der Waals surface area contributed by atoms with Crippen LogP contribution in [0.4, 0.5) is 5.69 Å². The quantitative estimate of drug-likeness (QED) is 0.188. The summed E-state index contributed by atoms with van der Waals surface area (Å²) >= 11 is 9.54. The molecule has 1 N–H and O–H groups in total. The summed E-state index contributed by atoms with van der Waals surface area (Å²) in [7, 11) is -4.16. The molecule has 7 nitrogen and oxygen atoms in total. The number of carbonyl (C=O) groups excluding carboxylic acids is 2. The average molecular weight is 683 g/mol. The van der Waals surface area contributed by atoms with Gasteiger partial charge in [0.2, 0.25) is 11.8 Å². The Hall–Kier alpha value is -3.66. The van der Waals surface area contributed by atoms with Crippen molar-refractivity contribution < 1.29 is 18.0 Å². The molecule has 4 aromatic carbocycles. The molecule has 4 rings (SSSR count). The number of anilines is 1. The monoisotopic (exact) mass is 681 g/mol. The lowest BCUT2D eigenvalue weighted by Gasteiger charge is -2.34. The van der Waals surface area contributed by atoms with Gasteiger partial charge in [-0.25, -0.2) is 8.42 Å². The summed E-state index contributed by atoms with van der Waals surface area (Å²) < 4.78 is 29.9. The Morgan fingerprint density at radius 2 is 1.56 bits per heavy atom. The van der Waals surface area contributed by atoms with Gasteiger partial charge in [0, 0.05) is 29.0 Å². The summed E-state index contributed by atoms with van der Waals surface area (Å²) in [5.41, 5.74) is 2.83. The molecule has 224 valence electrons. The molecule has 0 saturated carbocycles. The number of benzene rings is 4. The lowest BCUT2D eigenvalue weighted by molar-refractivity contribution is -0.140. The molecule has 0 aromatic heterocycles. The summed E-state index contributed by atoms with van der Waals surface area (Å²) in [6.45, 7) is 3.60. The lowest BCUT2D eigenvalue weighted by atomic mass is 10.0. The Balaban J connectivity index is 1.79. The van der Waals surface area contributed by atoms with Crippen LogP contribution in [0, 0.1) is 6.92 Å². The van der Waals surface area contributed by atoms with E-state index in [0.717, 1.165) is 21.0 Å². The van der Waals surface area contributed by atoms with Crippen molar-refractivity contribution in [2.75, 3.05) is 17.4 Å². The van der Waals surface area contributed by atoms with Gasteiger partial charge in [-0.15, -0.1) is 0 Å². The van der Waals surface area contributed by atoms with E-state index in [4.69, 9.17) is 11.6 Å². The maximum absolute atomic E-state index is 14.4. The zero-order valence-electron chi connectivity index (χ0n) is 23.9. The molecule has 0 saturated heterocycles. The van der Waals surface area contributed by atoms with Crippen molar-refractivity contribution in [2.45, 2.75) is 37.8 Å². The van der Waals surface area contributed by atoms with E-state index in [0.29, 0.717) is 21.7 Å². The number of sulfonamides is 1. The molecule has 0 radical (unpaired) electrons. The zero-order chi connectivity index (χ0) is 31.0. The Bertz CT molecular complexity index is 1650. The number of rotatable bonds is 12. The minimum absolute atomic E-state index is 0.0553. The molecule has 0 bridgehead atoms. The minimum atomic E-state index is -4.16. The number of hydrogen-bond donors (Lipinski definition) is 1. The van der Waals surface area contributed by atoms with E-state index in [1.54, 1.807) is 60.7 Å². The Kier molecular flexibility index (Phi) is 11.0. The molecule has 0 aliphatic heterocycles. The average Bonchev–Trinajstić information content (AvgIpc) is 2.99. The van der Waals surface area contributed by atoms with Crippen LogP contribution in [0.2, 0.25) is 5.02 Å². The largest absolute Gasteiger partial charge is 0.355 e. The molecule has 0 spiro atoms. The Labute approximate surface area is 266 Å². The molecule has 43 heavy (non-hydrogen) atoms. The number of nitrogens with zero attached hydrogens (tertiary/aromatic N) is 2. The van der Waals surface area contributed by atoms with Crippen LogP contribution in [-0.4, -0.2) is 44.3 Å². The summed E-state index contributed by atoms with van der Waals surface area (Å²) in [5, 5.41) is 3.40. The predicted octanol–water partition coefficient (Wildman–Crippen LogP) is 6.38. The maximum atomic E-state index is 14.4. The van der Waals surface area contributed by atoms with Crippen molar-refractivity contribution in [1.82, 2.24) is 10.2 Å². The van der Waals surface area contributed by atoms with Crippen LogP contribution in [0.25, 0.3) is 0 Å². The number of nitrogens with one attached hydrogen (secondary N) is 1. The van der Waals surface area contributed by atoms with Crippen molar-refractivity contribution in [3.63, 3.8) is 0 Å². The number of aryl methyl sites for hydroxylation is 1. The van der Waals surface area contributed by atoms with E-state index >= 15 is 0 Å². The van der Waals surface area contributed by atoms with Gasteiger partial charge in [-0.3, -0.25) is 13.9 Å². The smallest absolute Gasteiger partial charge is 0.264 e. The fourth-order valence-electron chi connectivity index (χ4n) is 4.63. The molecule has 1 atom stereocenters. The summed E-state index contributed by atoms with van der Waals surface area (Å²) in [6, 6.07) is 28.8. The van der Waals surface area contributed by atoms with Crippen LogP contribution in [0.15, 0.2) is 112 Å². The first-order chi connectivity index (χ1) is 20.6. The number of carbonyl (C=O) groups is 2. The second-order valence-electron chi connectivity index (χ2n) is 10.1. The second kappa shape index (κ2) is 14.7. The first-order valence-electron chi connectivity index (χ1n) is 13.8. The Morgan fingerprint density at radius 3 is 2.19 bits per heavy atom. The van der Waals surface area contributed by atoms with E-state index in [9.17, 15) is 18.0 Å². The topological polar surface area (TPSA) is 86.8 Å². The number of hydrogen-bond acceptors (Lipinski definition) is 4. The van der Waals surface area contributed by atoms with Gasteiger partial charge in [0.25, 0.3) is 10.0 Å². The molecule has 10 heteroatoms. The SMILES string of the molecule is CCNC(=O)C(Cc1ccccc1)N(Cc1ccc(Cl)cc1)C(=O)CN(c1cccc(Br)c1)S(=O)(=O)c1ccc(C)cc1. The fraction of sp³-hybridized carbons (Fsp3) is 0.212. The maximum Gasteiger partial charge on any atom is 0.264 e.